The van der Waals surface area contributed by atoms with E-state index >= 15 is 0 Å². The quantitative estimate of drug-likeness (QED) is 0.515. The molecule has 0 aliphatic rings. The molecule has 0 spiro atoms. The topological polar surface area (TPSA) is 67.2 Å². The van der Waals surface area contributed by atoms with E-state index in [1.807, 2.05) is 37.3 Å². The second kappa shape index (κ2) is 6.81. The van der Waals surface area contributed by atoms with Gasteiger partial charge in [-0.3, -0.25) is 10.1 Å². The van der Waals surface area contributed by atoms with E-state index in [2.05, 4.69) is 10.6 Å². The molecule has 0 amide bonds. The number of thiocarbonyl (C=S) groups is 1. The minimum Gasteiger partial charge on any atom is -0.358 e. The predicted octanol–water partition coefficient (Wildman–Crippen LogP) is 3.39. The van der Waals surface area contributed by atoms with Gasteiger partial charge in [-0.1, -0.05) is 36.4 Å². The number of non-ortho nitro benzene ring substituents is 1. The fourth-order valence-corrected chi connectivity index (χ4v) is 1.99. The number of hydrogen-bond acceptors (Lipinski definition) is 3. The van der Waals surface area contributed by atoms with Crippen LogP contribution in [0.4, 0.5) is 11.4 Å². The number of rotatable bonds is 4. The Morgan fingerprint density at radius 3 is 2.62 bits per heavy atom. The van der Waals surface area contributed by atoms with E-state index in [0.717, 1.165) is 11.1 Å². The first kappa shape index (κ1) is 14.9. The molecule has 0 radical (unpaired) electrons. The van der Waals surface area contributed by atoms with Crippen molar-refractivity contribution in [1.82, 2.24) is 5.32 Å². The van der Waals surface area contributed by atoms with E-state index in [1.165, 1.54) is 12.1 Å². The molecule has 5 nitrogen and oxygen atoms in total. The van der Waals surface area contributed by atoms with Gasteiger partial charge in [-0.2, -0.15) is 0 Å². The Morgan fingerprint density at radius 2 is 1.95 bits per heavy atom. The Balaban J connectivity index is 1.99. The summed E-state index contributed by atoms with van der Waals surface area (Å²) in [7, 11) is 0. The Hall–Kier alpha value is -2.47. The molecule has 0 aromatic heterocycles. The molecule has 0 saturated carbocycles. The first-order chi connectivity index (χ1) is 10.1. The highest BCUT2D eigenvalue weighted by atomic mass is 32.1. The summed E-state index contributed by atoms with van der Waals surface area (Å²) in [5.74, 6) is 0. The normalized spacial score (nSPS) is 9.95. The Labute approximate surface area is 128 Å². The summed E-state index contributed by atoms with van der Waals surface area (Å²) in [4.78, 5) is 10.4. The van der Waals surface area contributed by atoms with Gasteiger partial charge in [0.2, 0.25) is 0 Å². The van der Waals surface area contributed by atoms with Crippen LogP contribution in [0, 0.1) is 17.0 Å². The first-order valence-electron chi connectivity index (χ1n) is 6.40. The van der Waals surface area contributed by atoms with Crippen molar-refractivity contribution in [3.63, 3.8) is 0 Å². The third-order valence-corrected chi connectivity index (χ3v) is 3.22. The van der Waals surface area contributed by atoms with Crippen LogP contribution < -0.4 is 10.6 Å². The lowest BCUT2D eigenvalue weighted by Crippen LogP contribution is -2.28. The number of aryl methyl sites for hydroxylation is 1. The van der Waals surface area contributed by atoms with Crippen LogP contribution in [0.5, 0.6) is 0 Å². The van der Waals surface area contributed by atoms with E-state index < -0.39 is 4.92 Å². The lowest BCUT2D eigenvalue weighted by Gasteiger charge is -2.12. The SMILES string of the molecule is Cc1ccc([N+](=O)[O-])cc1NC(=S)NCc1ccccc1. The minimum atomic E-state index is -0.426. The molecule has 0 fully saturated rings. The van der Waals surface area contributed by atoms with Gasteiger partial charge in [0.15, 0.2) is 5.11 Å². The molecule has 0 heterocycles. The Morgan fingerprint density at radius 1 is 1.24 bits per heavy atom. The average molecular weight is 301 g/mol. The highest BCUT2D eigenvalue weighted by Gasteiger charge is 2.09. The summed E-state index contributed by atoms with van der Waals surface area (Å²) in [5.41, 5.74) is 2.67. The summed E-state index contributed by atoms with van der Waals surface area (Å²) in [5, 5.41) is 17.3. The number of hydrogen-bond donors (Lipinski definition) is 2. The third-order valence-electron chi connectivity index (χ3n) is 2.98. The van der Waals surface area contributed by atoms with Crippen LogP contribution in [0.15, 0.2) is 48.5 Å². The van der Waals surface area contributed by atoms with Gasteiger partial charge in [-0.05, 0) is 30.3 Å². The molecule has 0 bridgehead atoms. The molecule has 108 valence electrons. The molecule has 0 aliphatic carbocycles. The molecule has 2 rings (SSSR count). The highest BCUT2D eigenvalue weighted by Crippen LogP contribution is 2.21. The van der Waals surface area contributed by atoms with E-state index in [1.54, 1.807) is 6.07 Å². The molecule has 2 aromatic rings. The van der Waals surface area contributed by atoms with Gasteiger partial charge >= 0.3 is 0 Å². The standard InChI is InChI=1S/C15H15N3O2S/c1-11-7-8-13(18(19)20)9-14(11)17-15(21)16-10-12-5-3-2-4-6-12/h2-9H,10H2,1H3,(H2,16,17,21). The van der Waals surface area contributed by atoms with Crippen molar-refractivity contribution in [1.29, 1.82) is 0 Å². The van der Waals surface area contributed by atoms with Crippen molar-refractivity contribution in [2.45, 2.75) is 13.5 Å². The molecule has 0 saturated heterocycles. The fourth-order valence-electron chi connectivity index (χ4n) is 1.80. The van der Waals surface area contributed by atoms with Crippen molar-refractivity contribution in [3.05, 3.63) is 69.8 Å². The molecular formula is C15H15N3O2S. The van der Waals surface area contributed by atoms with Crippen LogP contribution in [0.25, 0.3) is 0 Å². The smallest absolute Gasteiger partial charge is 0.271 e. The molecule has 21 heavy (non-hydrogen) atoms. The second-order valence-electron chi connectivity index (χ2n) is 4.55. The van der Waals surface area contributed by atoms with Gasteiger partial charge in [-0.15, -0.1) is 0 Å². The summed E-state index contributed by atoms with van der Waals surface area (Å²) < 4.78 is 0. The summed E-state index contributed by atoms with van der Waals surface area (Å²) >= 11 is 5.21. The lowest BCUT2D eigenvalue weighted by molar-refractivity contribution is -0.384. The highest BCUT2D eigenvalue weighted by molar-refractivity contribution is 7.80. The maximum atomic E-state index is 10.8. The minimum absolute atomic E-state index is 0.0361. The number of nitrogens with zero attached hydrogens (tertiary/aromatic N) is 1. The predicted molar refractivity (Wildman–Crippen MR) is 87.3 cm³/mol. The average Bonchev–Trinajstić information content (AvgIpc) is 2.48. The van der Waals surface area contributed by atoms with E-state index in [0.29, 0.717) is 17.3 Å². The first-order valence-corrected chi connectivity index (χ1v) is 6.81. The maximum absolute atomic E-state index is 10.8. The van der Waals surface area contributed by atoms with Crippen LogP contribution in [0.2, 0.25) is 0 Å². The van der Waals surface area contributed by atoms with Gasteiger partial charge in [0.05, 0.1) is 4.92 Å². The van der Waals surface area contributed by atoms with Crippen molar-refractivity contribution in [3.8, 4) is 0 Å². The summed E-state index contributed by atoms with van der Waals surface area (Å²) in [6, 6.07) is 14.5. The van der Waals surface area contributed by atoms with Crippen molar-refractivity contribution in [2.24, 2.45) is 0 Å². The van der Waals surface area contributed by atoms with E-state index in [-0.39, 0.29) is 5.69 Å². The second-order valence-corrected chi connectivity index (χ2v) is 4.96. The molecular weight excluding hydrogens is 286 g/mol. The zero-order valence-corrected chi connectivity index (χ0v) is 12.3. The van der Waals surface area contributed by atoms with Crippen molar-refractivity contribution < 1.29 is 4.92 Å². The molecule has 0 unspecified atom stereocenters. The van der Waals surface area contributed by atoms with Crippen LogP contribution in [0.3, 0.4) is 0 Å². The van der Waals surface area contributed by atoms with Gasteiger partial charge in [0.25, 0.3) is 5.69 Å². The molecule has 0 aliphatic heterocycles. The van der Waals surface area contributed by atoms with Crippen LogP contribution in [-0.2, 0) is 6.54 Å². The van der Waals surface area contributed by atoms with Crippen molar-refractivity contribution >= 4 is 28.7 Å². The summed E-state index contributed by atoms with van der Waals surface area (Å²) in [6.07, 6.45) is 0. The number of nitro benzene ring substituents is 1. The zero-order chi connectivity index (χ0) is 15.2. The van der Waals surface area contributed by atoms with Gasteiger partial charge in [0, 0.05) is 24.4 Å². The molecule has 6 heteroatoms. The van der Waals surface area contributed by atoms with Crippen LogP contribution in [0.1, 0.15) is 11.1 Å². The maximum Gasteiger partial charge on any atom is 0.271 e. The summed E-state index contributed by atoms with van der Waals surface area (Å²) in [6.45, 7) is 2.46. The molecule has 2 aromatic carbocycles. The zero-order valence-electron chi connectivity index (χ0n) is 11.5. The van der Waals surface area contributed by atoms with E-state index in [9.17, 15) is 10.1 Å². The van der Waals surface area contributed by atoms with Gasteiger partial charge in [-0.25, -0.2) is 0 Å². The lowest BCUT2D eigenvalue weighted by atomic mass is 10.2. The third kappa shape index (κ3) is 4.25. The molecule has 0 atom stereocenters. The van der Waals surface area contributed by atoms with Gasteiger partial charge in [0.1, 0.15) is 0 Å². The largest absolute Gasteiger partial charge is 0.358 e. The van der Waals surface area contributed by atoms with Gasteiger partial charge < -0.3 is 10.6 Å². The fraction of sp³-hybridized carbons (Fsp3) is 0.133. The number of nitro groups is 1. The van der Waals surface area contributed by atoms with Crippen LogP contribution in [-0.4, -0.2) is 10.0 Å². The Bertz CT molecular complexity index is 659. The number of benzene rings is 2. The Kier molecular flexibility index (Phi) is 4.84. The van der Waals surface area contributed by atoms with Crippen molar-refractivity contribution in [2.75, 3.05) is 5.32 Å². The monoisotopic (exact) mass is 301 g/mol. The number of nitrogens with one attached hydrogen (secondary N) is 2. The van der Waals surface area contributed by atoms with Crippen LogP contribution >= 0.6 is 12.2 Å². The number of anilines is 1. The molecule has 2 N–H and O–H groups in total. The van der Waals surface area contributed by atoms with E-state index in [4.69, 9.17) is 12.2 Å².